The average molecular weight is 341 g/mol. The van der Waals surface area contributed by atoms with E-state index in [0.29, 0.717) is 13.1 Å². The van der Waals surface area contributed by atoms with Crippen molar-refractivity contribution >= 4 is 16.9 Å². The molecule has 0 saturated heterocycles. The van der Waals surface area contributed by atoms with Gasteiger partial charge in [0.05, 0.1) is 11.0 Å². The van der Waals surface area contributed by atoms with Crippen LogP contribution in [0.5, 0.6) is 0 Å². The highest BCUT2D eigenvalue weighted by molar-refractivity contribution is 5.77. The molecule has 3 aromatic rings. The Morgan fingerprint density at radius 3 is 2.56 bits per heavy atom. The Morgan fingerprint density at radius 2 is 1.84 bits per heavy atom. The van der Waals surface area contributed by atoms with Crippen molar-refractivity contribution in [3.05, 3.63) is 70.4 Å². The summed E-state index contributed by atoms with van der Waals surface area (Å²) in [7, 11) is 3.40. The fraction of sp³-hybridized carbons (Fsp3) is 0.263. The second kappa shape index (κ2) is 6.93. The van der Waals surface area contributed by atoms with Crippen molar-refractivity contribution in [1.29, 1.82) is 0 Å². The summed E-state index contributed by atoms with van der Waals surface area (Å²) >= 11 is 0. The van der Waals surface area contributed by atoms with E-state index in [1.165, 1.54) is 12.1 Å². The van der Waals surface area contributed by atoms with Crippen LogP contribution in [0.25, 0.3) is 11.0 Å². The standard InChI is InChI=1S/C19H20FN3O2/c1-21(13-14-6-5-7-15(20)12-14)18(24)10-11-23-17-9-4-3-8-16(17)22(2)19(23)25/h3-9,12H,10-11,13H2,1-2H3. The quantitative estimate of drug-likeness (QED) is 0.716. The highest BCUT2D eigenvalue weighted by Crippen LogP contribution is 2.12. The molecular formula is C19H20FN3O2. The molecule has 0 saturated carbocycles. The second-order valence-corrected chi connectivity index (χ2v) is 6.11. The summed E-state index contributed by atoms with van der Waals surface area (Å²) < 4.78 is 16.4. The van der Waals surface area contributed by atoms with Crippen LogP contribution >= 0.6 is 0 Å². The number of benzene rings is 2. The SMILES string of the molecule is CN(Cc1cccc(F)c1)C(=O)CCn1c(=O)n(C)c2ccccc21. The molecule has 3 rings (SSSR count). The highest BCUT2D eigenvalue weighted by atomic mass is 19.1. The zero-order valence-corrected chi connectivity index (χ0v) is 14.3. The van der Waals surface area contributed by atoms with Gasteiger partial charge in [-0.1, -0.05) is 24.3 Å². The minimum absolute atomic E-state index is 0.0934. The topological polar surface area (TPSA) is 47.2 Å². The molecular weight excluding hydrogens is 321 g/mol. The van der Waals surface area contributed by atoms with Crippen molar-refractivity contribution in [2.75, 3.05) is 7.05 Å². The molecule has 0 aliphatic rings. The van der Waals surface area contributed by atoms with Crippen LogP contribution in [0, 0.1) is 5.82 Å². The van der Waals surface area contributed by atoms with Gasteiger partial charge in [-0.25, -0.2) is 9.18 Å². The summed E-state index contributed by atoms with van der Waals surface area (Å²) in [6, 6.07) is 13.7. The number of hydrogen-bond acceptors (Lipinski definition) is 2. The number of hydrogen-bond donors (Lipinski definition) is 0. The number of imidazole rings is 1. The van der Waals surface area contributed by atoms with E-state index in [9.17, 15) is 14.0 Å². The van der Waals surface area contributed by atoms with Crippen molar-refractivity contribution in [3.63, 3.8) is 0 Å². The van der Waals surface area contributed by atoms with Gasteiger partial charge in [0.2, 0.25) is 5.91 Å². The van der Waals surface area contributed by atoms with Crippen LogP contribution in [0.3, 0.4) is 0 Å². The van der Waals surface area contributed by atoms with Crippen molar-refractivity contribution in [1.82, 2.24) is 14.0 Å². The molecule has 1 aromatic heterocycles. The fourth-order valence-corrected chi connectivity index (χ4v) is 2.97. The third-order valence-corrected chi connectivity index (χ3v) is 4.34. The van der Waals surface area contributed by atoms with E-state index in [-0.39, 0.29) is 23.8 Å². The van der Waals surface area contributed by atoms with E-state index in [0.717, 1.165) is 16.6 Å². The Bertz CT molecular complexity index is 974. The van der Waals surface area contributed by atoms with Gasteiger partial charge in [0.15, 0.2) is 0 Å². The van der Waals surface area contributed by atoms with Crippen LogP contribution in [0.15, 0.2) is 53.3 Å². The minimum atomic E-state index is -0.319. The van der Waals surface area contributed by atoms with Gasteiger partial charge < -0.3 is 4.90 Å². The van der Waals surface area contributed by atoms with E-state index in [2.05, 4.69) is 0 Å². The van der Waals surface area contributed by atoms with E-state index in [4.69, 9.17) is 0 Å². The lowest BCUT2D eigenvalue weighted by molar-refractivity contribution is -0.130. The Balaban J connectivity index is 1.70. The van der Waals surface area contributed by atoms with Gasteiger partial charge in [0, 0.05) is 33.6 Å². The number of fused-ring (bicyclic) bond motifs is 1. The molecule has 0 unspecified atom stereocenters. The lowest BCUT2D eigenvalue weighted by Gasteiger charge is -2.17. The molecule has 25 heavy (non-hydrogen) atoms. The van der Waals surface area contributed by atoms with Gasteiger partial charge in [-0.15, -0.1) is 0 Å². The minimum Gasteiger partial charge on any atom is -0.341 e. The lowest BCUT2D eigenvalue weighted by atomic mass is 10.2. The van der Waals surface area contributed by atoms with Crippen molar-refractivity contribution in [2.45, 2.75) is 19.5 Å². The molecule has 0 fully saturated rings. The molecule has 1 amide bonds. The number of carbonyl (C=O) groups is 1. The van der Waals surface area contributed by atoms with Gasteiger partial charge >= 0.3 is 5.69 Å². The van der Waals surface area contributed by atoms with Crippen LogP contribution in [0.2, 0.25) is 0 Å². The van der Waals surface area contributed by atoms with E-state index in [1.807, 2.05) is 24.3 Å². The number of para-hydroxylation sites is 2. The van der Waals surface area contributed by atoms with E-state index >= 15 is 0 Å². The Hall–Kier alpha value is -2.89. The molecule has 0 aliphatic carbocycles. The second-order valence-electron chi connectivity index (χ2n) is 6.11. The molecule has 2 aromatic carbocycles. The number of aromatic nitrogens is 2. The van der Waals surface area contributed by atoms with Crippen molar-refractivity contribution in [2.24, 2.45) is 7.05 Å². The van der Waals surface area contributed by atoms with Crippen LogP contribution < -0.4 is 5.69 Å². The maximum absolute atomic E-state index is 13.2. The molecule has 1 heterocycles. The summed E-state index contributed by atoms with van der Waals surface area (Å²) in [6.45, 7) is 0.646. The summed E-state index contributed by atoms with van der Waals surface area (Å²) in [5, 5.41) is 0. The number of nitrogens with zero attached hydrogens (tertiary/aromatic N) is 3. The van der Waals surface area contributed by atoms with Gasteiger partial charge in [0.25, 0.3) is 0 Å². The zero-order chi connectivity index (χ0) is 18.0. The predicted molar refractivity (Wildman–Crippen MR) is 94.7 cm³/mol. The lowest BCUT2D eigenvalue weighted by Crippen LogP contribution is -2.29. The third-order valence-electron chi connectivity index (χ3n) is 4.34. The monoisotopic (exact) mass is 341 g/mol. The summed E-state index contributed by atoms with van der Waals surface area (Å²) in [4.78, 5) is 26.3. The van der Waals surface area contributed by atoms with Crippen LogP contribution in [-0.4, -0.2) is 27.0 Å². The first-order valence-corrected chi connectivity index (χ1v) is 8.10. The molecule has 0 radical (unpaired) electrons. The molecule has 0 aliphatic heterocycles. The molecule has 6 heteroatoms. The van der Waals surface area contributed by atoms with Crippen LogP contribution in [0.1, 0.15) is 12.0 Å². The molecule has 0 atom stereocenters. The zero-order valence-electron chi connectivity index (χ0n) is 14.3. The van der Waals surface area contributed by atoms with Crippen molar-refractivity contribution < 1.29 is 9.18 Å². The van der Waals surface area contributed by atoms with Gasteiger partial charge in [-0.05, 0) is 29.8 Å². The molecule has 130 valence electrons. The first-order valence-electron chi connectivity index (χ1n) is 8.10. The van der Waals surface area contributed by atoms with Crippen LogP contribution in [-0.2, 0) is 24.9 Å². The predicted octanol–water partition coefficient (Wildman–Crippen LogP) is 2.53. The number of aryl methyl sites for hydroxylation is 2. The molecule has 0 N–H and O–H groups in total. The van der Waals surface area contributed by atoms with E-state index in [1.54, 1.807) is 40.3 Å². The first-order chi connectivity index (χ1) is 12.0. The Labute approximate surface area is 144 Å². The van der Waals surface area contributed by atoms with Crippen LogP contribution in [0.4, 0.5) is 4.39 Å². The summed E-state index contributed by atoms with van der Waals surface area (Å²) in [5.41, 5.74) is 2.25. The number of rotatable bonds is 5. The highest BCUT2D eigenvalue weighted by Gasteiger charge is 2.14. The summed E-state index contributed by atoms with van der Waals surface area (Å²) in [5.74, 6) is -0.412. The maximum Gasteiger partial charge on any atom is 0.328 e. The fourth-order valence-electron chi connectivity index (χ4n) is 2.97. The first kappa shape index (κ1) is 17.0. The third kappa shape index (κ3) is 3.47. The normalized spacial score (nSPS) is 11.0. The molecule has 5 nitrogen and oxygen atoms in total. The van der Waals surface area contributed by atoms with Gasteiger partial charge in [-0.3, -0.25) is 13.9 Å². The molecule has 0 bridgehead atoms. The summed E-state index contributed by atoms with van der Waals surface area (Å²) in [6.07, 6.45) is 0.208. The number of amides is 1. The van der Waals surface area contributed by atoms with Crippen molar-refractivity contribution in [3.8, 4) is 0 Å². The number of halogens is 1. The Morgan fingerprint density at radius 1 is 1.12 bits per heavy atom. The number of carbonyl (C=O) groups excluding carboxylic acids is 1. The average Bonchev–Trinajstić information content (AvgIpc) is 2.84. The molecule has 0 spiro atoms. The van der Waals surface area contributed by atoms with E-state index < -0.39 is 0 Å². The van der Waals surface area contributed by atoms with Gasteiger partial charge in [-0.2, -0.15) is 0 Å². The maximum atomic E-state index is 13.2. The largest absolute Gasteiger partial charge is 0.341 e. The Kier molecular flexibility index (Phi) is 4.70. The van der Waals surface area contributed by atoms with Gasteiger partial charge in [0.1, 0.15) is 5.82 Å². The smallest absolute Gasteiger partial charge is 0.328 e.